The average Bonchev–Trinajstić information content (AvgIpc) is 2.94. The molecule has 4 heteroatoms. The van der Waals surface area contributed by atoms with Crippen molar-refractivity contribution >= 4 is 5.97 Å². The summed E-state index contributed by atoms with van der Waals surface area (Å²) in [7, 11) is 1.43. The first-order valence-electron chi connectivity index (χ1n) is 7.73. The van der Waals surface area contributed by atoms with Crippen LogP contribution in [0.15, 0.2) is 30.3 Å². The van der Waals surface area contributed by atoms with Crippen molar-refractivity contribution in [3.8, 4) is 0 Å². The lowest BCUT2D eigenvalue weighted by Gasteiger charge is -2.39. The largest absolute Gasteiger partial charge is 0.467 e. The van der Waals surface area contributed by atoms with Gasteiger partial charge in [-0.2, -0.15) is 0 Å². The standard InChI is InChI=1S/C17H23NO3/c1-20-16(19)15-7-8-17(21-15)9-11-18(12-10-17)13-14-5-3-2-4-6-14/h2-6,15H,7-13H2,1H3. The van der Waals surface area contributed by atoms with Gasteiger partial charge >= 0.3 is 5.97 Å². The molecule has 0 saturated carbocycles. The van der Waals surface area contributed by atoms with Gasteiger partial charge in [0.05, 0.1) is 12.7 Å². The molecule has 1 spiro atoms. The number of nitrogens with zero attached hydrogens (tertiary/aromatic N) is 1. The Hall–Kier alpha value is -1.39. The Morgan fingerprint density at radius 1 is 1.29 bits per heavy atom. The van der Waals surface area contributed by atoms with Crippen molar-refractivity contribution < 1.29 is 14.3 Å². The van der Waals surface area contributed by atoms with Gasteiger partial charge in [-0.05, 0) is 31.2 Å². The number of methoxy groups -OCH3 is 1. The number of hydrogen-bond acceptors (Lipinski definition) is 4. The smallest absolute Gasteiger partial charge is 0.335 e. The molecule has 0 bridgehead atoms. The first-order valence-corrected chi connectivity index (χ1v) is 7.73. The van der Waals surface area contributed by atoms with Crippen molar-refractivity contribution in [1.82, 2.24) is 4.90 Å². The van der Waals surface area contributed by atoms with Gasteiger partial charge in [0.2, 0.25) is 0 Å². The maximum Gasteiger partial charge on any atom is 0.335 e. The maximum absolute atomic E-state index is 11.6. The Bertz CT molecular complexity index is 480. The summed E-state index contributed by atoms with van der Waals surface area (Å²) in [5, 5.41) is 0. The minimum atomic E-state index is -0.351. The van der Waals surface area contributed by atoms with Crippen LogP contribution >= 0.6 is 0 Å². The van der Waals surface area contributed by atoms with Crippen molar-refractivity contribution in [2.24, 2.45) is 0 Å². The summed E-state index contributed by atoms with van der Waals surface area (Å²) in [6.45, 7) is 3.06. The van der Waals surface area contributed by atoms with Gasteiger partial charge in [0, 0.05) is 19.6 Å². The number of ether oxygens (including phenoxy) is 2. The van der Waals surface area contributed by atoms with Crippen LogP contribution in [0.2, 0.25) is 0 Å². The molecule has 0 amide bonds. The first kappa shape index (κ1) is 14.5. The molecule has 0 N–H and O–H groups in total. The third kappa shape index (κ3) is 3.27. The van der Waals surface area contributed by atoms with Crippen LogP contribution in [0.25, 0.3) is 0 Å². The molecule has 1 atom stereocenters. The first-order chi connectivity index (χ1) is 10.2. The Morgan fingerprint density at radius 2 is 2.00 bits per heavy atom. The number of carbonyl (C=O) groups is 1. The van der Waals surface area contributed by atoms with Gasteiger partial charge in [0.1, 0.15) is 0 Å². The molecule has 0 aliphatic carbocycles. The molecular weight excluding hydrogens is 266 g/mol. The zero-order chi connectivity index (χ0) is 14.7. The fraction of sp³-hybridized carbons (Fsp3) is 0.588. The van der Waals surface area contributed by atoms with Crippen LogP contribution in [-0.2, 0) is 20.8 Å². The molecule has 0 radical (unpaired) electrons. The van der Waals surface area contributed by atoms with Crippen LogP contribution in [-0.4, -0.2) is 42.8 Å². The van der Waals surface area contributed by atoms with E-state index in [-0.39, 0.29) is 17.7 Å². The van der Waals surface area contributed by atoms with Crippen molar-refractivity contribution in [3.63, 3.8) is 0 Å². The van der Waals surface area contributed by atoms with Crippen LogP contribution in [0.1, 0.15) is 31.2 Å². The van der Waals surface area contributed by atoms with Crippen LogP contribution < -0.4 is 0 Å². The lowest BCUT2D eigenvalue weighted by molar-refractivity contribution is -0.161. The topological polar surface area (TPSA) is 38.8 Å². The van der Waals surface area contributed by atoms with Crippen LogP contribution in [0, 0.1) is 0 Å². The number of carbonyl (C=O) groups excluding carboxylic acids is 1. The summed E-state index contributed by atoms with van der Waals surface area (Å²) in [5.41, 5.74) is 1.26. The molecule has 2 aliphatic rings. The van der Waals surface area contributed by atoms with Gasteiger partial charge in [-0.1, -0.05) is 30.3 Å². The number of benzene rings is 1. The number of rotatable bonds is 3. The molecule has 114 valence electrons. The Morgan fingerprint density at radius 3 is 2.67 bits per heavy atom. The Balaban J connectivity index is 1.52. The van der Waals surface area contributed by atoms with E-state index in [0.29, 0.717) is 0 Å². The third-order valence-corrected chi connectivity index (χ3v) is 4.73. The zero-order valence-electron chi connectivity index (χ0n) is 12.6. The summed E-state index contributed by atoms with van der Waals surface area (Å²) in [4.78, 5) is 14.1. The molecule has 2 fully saturated rings. The van der Waals surface area contributed by atoms with E-state index < -0.39 is 0 Å². The molecule has 2 saturated heterocycles. The second kappa shape index (κ2) is 6.16. The van der Waals surface area contributed by atoms with Gasteiger partial charge in [0.25, 0.3) is 0 Å². The molecule has 1 aromatic rings. The van der Waals surface area contributed by atoms with Gasteiger partial charge in [-0.15, -0.1) is 0 Å². The molecule has 3 rings (SSSR count). The SMILES string of the molecule is COC(=O)C1CCC2(CCN(Cc3ccccc3)CC2)O1. The Labute approximate surface area is 126 Å². The summed E-state index contributed by atoms with van der Waals surface area (Å²) < 4.78 is 10.8. The van der Waals surface area contributed by atoms with Crippen molar-refractivity contribution in [2.75, 3.05) is 20.2 Å². The zero-order valence-corrected chi connectivity index (χ0v) is 12.6. The maximum atomic E-state index is 11.6. The lowest BCUT2D eigenvalue weighted by Crippen LogP contribution is -2.44. The molecule has 0 aromatic heterocycles. The van der Waals surface area contributed by atoms with Gasteiger partial charge in [0.15, 0.2) is 6.10 Å². The minimum Gasteiger partial charge on any atom is -0.467 e. The number of esters is 1. The highest BCUT2D eigenvalue weighted by Gasteiger charge is 2.45. The fourth-order valence-electron chi connectivity index (χ4n) is 3.44. The second-order valence-electron chi connectivity index (χ2n) is 6.11. The number of piperidine rings is 1. The Kier molecular flexibility index (Phi) is 4.27. The van der Waals surface area contributed by atoms with E-state index in [0.717, 1.165) is 45.3 Å². The third-order valence-electron chi connectivity index (χ3n) is 4.73. The summed E-state index contributed by atoms with van der Waals surface area (Å²) in [6, 6.07) is 10.6. The second-order valence-corrected chi connectivity index (χ2v) is 6.11. The van der Waals surface area contributed by atoms with E-state index in [2.05, 4.69) is 29.2 Å². The molecule has 21 heavy (non-hydrogen) atoms. The van der Waals surface area contributed by atoms with E-state index in [1.807, 2.05) is 6.07 Å². The van der Waals surface area contributed by atoms with Crippen molar-refractivity contribution in [3.05, 3.63) is 35.9 Å². The summed E-state index contributed by atoms with van der Waals surface area (Å²) in [5.74, 6) is -0.224. The van der Waals surface area contributed by atoms with Crippen molar-refractivity contribution in [1.29, 1.82) is 0 Å². The van der Waals surface area contributed by atoms with E-state index in [1.54, 1.807) is 0 Å². The average molecular weight is 289 g/mol. The predicted molar refractivity (Wildman–Crippen MR) is 79.8 cm³/mol. The summed E-state index contributed by atoms with van der Waals surface area (Å²) in [6.07, 6.45) is 3.44. The monoisotopic (exact) mass is 289 g/mol. The molecule has 1 unspecified atom stereocenters. The van der Waals surface area contributed by atoms with E-state index in [9.17, 15) is 4.79 Å². The van der Waals surface area contributed by atoms with Crippen LogP contribution in [0.5, 0.6) is 0 Å². The van der Waals surface area contributed by atoms with E-state index in [1.165, 1.54) is 12.7 Å². The summed E-state index contributed by atoms with van der Waals surface area (Å²) >= 11 is 0. The van der Waals surface area contributed by atoms with Gasteiger partial charge < -0.3 is 9.47 Å². The highest BCUT2D eigenvalue weighted by molar-refractivity contribution is 5.74. The highest BCUT2D eigenvalue weighted by atomic mass is 16.6. The lowest BCUT2D eigenvalue weighted by atomic mass is 9.88. The van der Waals surface area contributed by atoms with Crippen LogP contribution in [0.4, 0.5) is 0 Å². The molecule has 2 aliphatic heterocycles. The van der Waals surface area contributed by atoms with E-state index in [4.69, 9.17) is 9.47 Å². The molecule has 4 nitrogen and oxygen atoms in total. The predicted octanol–water partition coefficient (Wildman–Crippen LogP) is 2.37. The highest BCUT2D eigenvalue weighted by Crippen LogP contribution is 2.39. The molecular formula is C17H23NO3. The van der Waals surface area contributed by atoms with Crippen LogP contribution in [0.3, 0.4) is 0 Å². The van der Waals surface area contributed by atoms with Crippen molar-refractivity contribution in [2.45, 2.75) is 43.9 Å². The fourth-order valence-corrected chi connectivity index (χ4v) is 3.44. The van der Waals surface area contributed by atoms with Gasteiger partial charge in [-0.3, -0.25) is 4.90 Å². The number of likely N-dealkylation sites (tertiary alicyclic amines) is 1. The number of hydrogen-bond donors (Lipinski definition) is 0. The van der Waals surface area contributed by atoms with Gasteiger partial charge in [-0.25, -0.2) is 4.79 Å². The molecule has 1 aromatic carbocycles. The molecule has 2 heterocycles. The quantitative estimate of drug-likeness (QED) is 0.801. The normalized spacial score (nSPS) is 25.1. The van der Waals surface area contributed by atoms with E-state index >= 15 is 0 Å². The minimum absolute atomic E-state index is 0.0912.